The van der Waals surface area contributed by atoms with Gasteiger partial charge in [-0.05, 0) is 31.1 Å². The third kappa shape index (κ3) is 3.49. The molecule has 0 aliphatic heterocycles. The summed E-state index contributed by atoms with van der Waals surface area (Å²) < 4.78 is 37.6. The number of thiazole rings is 1. The van der Waals surface area contributed by atoms with Crippen molar-refractivity contribution in [1.29, 1.82) is 0 Å². The van der Waals surface area contributed by atoms with Crippen LogP contribution in [0, 0.1) is 17.8 Å². The number of hydrogen-bond acceptors (Lipinski definition) is 4. The van der Waals surface area contributed by atoms with Crippen LogP contribution in [0.5, 0.6) is 0 Å². The number of aromatic nitrogens is 1. The van der Waals surface area contributed by atoms with E-state index < -0.39 is 11.9 Å². The lowest BCUT2D eigenvalue weighted by Crippen LogP contribution is -2.45. The van der Waals surface area contributed by atoms with Crippen molar-refractivity contribution in [3.05, 3.63) is 16.1 Å². The molecule has 0 saturated heterocycles. The molecule has 4 nitrogen and oxygen atoms in total. The molecule has 130 valence electrons. The van der Waals surface area contributed by atoms with Crippen LogP contribution in [0.25, 0.3) is 0 Å². The van der Waals surface area contributed by atoms with Crippen molar-refractivity contribution in [2.24, 2.45) is 23.5 Å². The van der Waals surface area contributed by atoms with Crippen LogP contribution in [0.4, 0.5) is 13.2 Å². The number of nitrogens with zero attached hydrogens (tertiary/aromatic N) is 2. The topological polar surface area (TPSA) is 59.2 Å². The van der Waals surface area contributed by atoms with Gasteiger partial charge in [-0.1, -0.05) is 0 Å². The van der Waals surface area contributed by atoms with E-state index in [2.05, 4.69) is 4.98 Å². The molecule has 0 radical (unpaired) electrons. The van der Waals surface area contributed by atoms with Gasteiger partial charge in [-0.3, -0.25) is 4.79 Å². The van der Waals surface area contributed by atoms with Crippen molar-refractivity contribution >= 4 is 29.7 Å². The van der Waals surface area contributed by atoms with Crippen molar-refractivity contribution in [1.82, 2.24) is 9.88 Å². The first kappa shape index (κ1) is 18.5. The lowest BCUT2D eigenvalue weighted by atomic mass is 9.84. The summed E-state index contributed by atoms with van der Waals surface area (Å²) in [6.07, 6.45) is -1.33. The molecule has 3 rings (SSSR count). The molecular weight excluding hydrogens is 351 g/mol. The monoisotopic (exact) mass is 369 g/mol. The highest BCUT2D eigenvalue weighted by Gasteiger charge is 2.49. The Balaban J connectivity index is 0.00000192. The van der Waals surface area contributed by atoms with Crippen molar-refractivity contribution in [3.8, 4) is 0 Å². The second-order valence-corrected chi connectivity index (χ2v) is 7.20. The largest absolute Gasteiger partial charge is 0.434 e. The van der Waals surface area contributed by atoms with Gasteiger partial charge in [0.2, 0.25) is 5.91 Å². The standard InChI is InChI=1S/C14H18F3N3OS.ClH/c1-20(5-10-19-9(6-22-10)14(15,16)17)13(21)11-7-2-3-8(4-7)12(11)18;/h6-8,11-12H,2-5,18H2,1H3;1H. The van der Waals surface area contributed by atoms with Crippen LogP contribution >= 0.6 is 23.7 Å². The van der Waals surface area contributed by atoms with E-state index in [0.717, 1.165) is 36.0 Å². The van der Waals surface area contributed by atoms with Crippen LogP contribution in [-0.2, 0) is 17.5 Å². The first-order chi connectivity index (χ1) is 10.3. The maximum absolute atomic E-state index is 12.6. The fourth-order valence-electron chi connectivity index (χ4n) is 3.75. The van der Waals surface area contributed by atoms with Crippen molar-refractivity contribution in [2.45, 2.75) is 38.0 Å². The normalized spacial score (nSPS) is 29.4. The van der Waals surface area contributed by atoms with Gasteiger partial charge in [0.05, 0.1) is 12.5 Å². The van der Waals surface area contributed by atoms with Gasteiger partial charge in [0.25, 0.3) is 0 Å². The van der Waals surface area contributed by atoms with E-state index in [-0.39, 0.29) is 36.8 Å². The molecule has 9 heteroatoms. The number of fused-ring (bicyclic) bond motifs is 2. The minimum Gasteiger partial charge on any atom is -0.339 e. The maximum Gasteiger partial charge on any atom is 0.434 e. The summed E-state index contributed by atoms with van der Waals surface area (Å²) in [5.74, 6) is 0.496. The van der Waals surface area contributed by atoms with Gasteiger partial charge in [-0.15, -0.1) is 23.7 Å². The summed E-state index contributed by atoms with van der Waals surface area (Å²) >= 11 is 0.925. The Hall–Kier alpha value is -0.860. The molecule has 0 aromatic carbocycles. The Morgan fingerprint density at radius 3 is 2.61 bits per heavy atom. The molecule has 2 bridgehead atoms. The summed E-state index contributed by atoms with van der Waals surface area (Å²) in [5, 5.41) is 1.27. The van der Waals surface area contributed by atoms with Crippen LogP contribution in [0.15, 0.2) is 5.38 Å². The number of halogens is 4. The Bertz CT molecular complexity index is 578. The zero-order chi connectivity index (χ0) is 16.1. The molecular formula is C14H19ClF3N3OS. The van der Waals surface area contributed by atoms with Gasteiger partial charge in [0, 0.05) is 18.5 Å². The quantitative estimate of drug-likeness (QED) is 0.891. The number of hydrogen-bond donors (Lipinski definition) is 1. The predicted octanol–water partition coefficient (Wildman–Crippen LogP) is 2.92. The summed E-state index contributed by atoms with van der Waals surface area (Å²) in [6, 6.07) is -0.115. The summed E-state index contributed by atoms with van der Waals surface area (Å²) in [7, 11) is 1.61. The van der Waals surface area contributed by atoms with E-state index in [1.54, 1.807) is 7.05 Å². The van der Waals surface area contributed by atoms with Gasteiger partial charge >= 0.3 is 6.18 Å². The fourth-order valence-corrected chi connectivity index (χ4v) is 4.60. The molecule has 0 spiro atoms. The first-order valence-corrected chi connectivity index (χ1v) is 8.17. The Morgan fingerprint density at radius 1 is 1.43 bits per heavy atom. The van der Waals surface area contributed by atoms with Crippen LogP contribution in [0.1, 0.15) is 30.0 Å². The lowest BCUT2D eigenvalue weighted by Gasteiger charge is -2.30. The molecule has 1 aromatic rings. The Labute approximate surface area is 142 Å². The Kier molecular flexibility index (Phi) is 5.27. The summed E-state index contributed by atoms with van der Waals surface area (Å²) in [6.45, 7) is 0.0974. The van der Waals surface area contributed by atoms with Crippen LogP contribution < -0.4 is 5.73 Å². The molecule has 2 N–H and O–H groups in total. The SMILES string of the molecule is CN(Cc1nc(C(F)(F)F)cs1)C(=O)C1C2CCC(C2)C1N.Cl. The highest BCUT2D eigenvalue weighted by molar-refractivity contribution is 7.09. The van der Waals surface area contributed by atoms with Crippen LogP contribution in [0.2, 0.25) is 0 Å². The van der Waals surface area contributed by atoms with Crippen molar-refractivity contribution in [3.63, 3.8) is 0 Å². The zero-order valence-electron chi connectivity index (χ0n) is 12.5. The molecule has 1 aromatic heterocycles. The number of carbonyl (C=O) groups excluding carboxylic acids is 1. The summed E-state index contributed by atoms with van der Waals surface area (Å²) in [4.78, 5) is 17.6. The minimum atomic E-state index is -4.44. The molecule has 2 fully saturated rings. The smallest absolute Gasteiger partial charge is 0.339 e. The Morgan fingerprint density at radius 2 is 2.09 bits per heavy atom. The van der Waals surface area contributed by atoms with Gasteiger partial charge in [0.1, 0.15) is 5.01 Å². The third-order valence-electron chi connectivity index (χ3n) is 4.86. The zero-order valence-corrected chi connectivity index (χ0v) is 14.2. The van der Waals surface area contributed by atoms with Gasteiger partial charge in [0.15, 0.2) is 5.69 Å². The molecule has 4 atom stereocenters. The van der Waals surface area contributed by atoms with Gasteiger partial charge in [-0.2, -0.15) is 13.2 Å². The predicted molar refractivity (Wildman–Crippen MR) is 83.1 cm³/mol. The van der Waals surface area contributed by atoms with E-state index in [0.29, 0.717) is 16.8 Å². The van der Waals surface area contributed by atoms with E-state index >= 15 is 0 Å². The van der Waals surface area contributed by atoms with E-state index in [4.69, 9.17) is 5.73 Å². The number of carbonyl (C=O) groups is 1. The van der Waals surface area contributed by atoms with Crippen molar-refractivity contribution < 1.29 is 18.0 Å². The van der Waals surface area contributed by atoms with Crippen LogP contribution in [0.3, 0.4) is 0 Å². The number of rotatable bonds is 3. The average molecular weight is 370 g/mol. The number of amides is 1. The van der Waals surface area contributed by atoms with E-state index in [1.807, 2.05) is 0 Å². The van der Waals surface area contributed by atoms with Crippen molar-refractivity contribution in [2.75, 3.05) is 7.05 Å². The second-order valence-electron chi connectivity index (χ2n) is 6.25. The minimum absolute atomic E-state index is 0. The highest BCUT2D eigenvalue weighted by Crippen LogP contribution is 2.48. The molecule has 2 saturated carbocycles. The molecule has 23 heavy (non-hydrogen) atoms. The highest BCUT2D eigenvalue weighted by atomic mass is 35.5. The average Bonchev–Trinajstić information content (AvgIpc) is 3.12. The summed E-state index contributed by atoms with van der Waals surface area (Å²) in [5.41, 5.74) is 5.25. The molecule has 4 unspecified atom stereocenters. The molecule has 2 aliphatic rings. The fraction of sp³-hybridized carbons (Fsp3) is 0.714. The molecule has 1 heterocycles. The maximum atomic E-state index is 12.6. The molecule has 1 amide bonds. The second kappa shape index (κ2) is 6.57. The van der Waals surface area contributed by atoms with E-state index in [9.17, 15) is 18.0 Å². The number of nitrogens with two attached hydrogens (primary N) is 1. The van der Waals surface area contributed by atoms with Crippen LogP contribution in [-0.4, -0.2) is 28.9 Å². The first-order valence-electron chi connectivity index (χ1n) is 7.29. The third-order valence-corrected chi connectivity index (χ3v) is 5.69. The molecule has 2 aliphatic carbocycles. The van der Waals surface area contributed by atoms with E-state index in [1.165, 1.54) is 4.90 Å². The van der Waals surface area contributed by atoms with Gasteiger partial charge < -0.3 is 10.6 Å². The number of alkyl halides is 3. The lowest BCUT2D eigenvalue weighted by molar-refractivity contribution is -0.140. The van der Waals surface area contributed by atoms with Gasteiger partial charge in [-0.25, -0.2) is 4.98 Å².